The molecular weight excluding hydrogens is 885 g/mol. The molecule has 13 nitrogen and oxygen atoms in total. The van der Waals surface area contributed by atoms with E-state index in [1.54, 1.807) is 30.3 Å². The van der Waals surface area contributed by atoms with Crippen LogP contribution in [0.5, 0.6) is 5.75 Å². The minimum Gasteiger partial charge on any atom is -0.508 e. The van der Waals surface area contributed by atoms with Crippen molar-refractivity contribution >= 4 is 102 Å². The van der Waals surface area contributed by atoms with E-state index in [9.17, 15) is 24.3 Å². The topological polar surface area (TPSA) is 155 Å². The molecule has 62 heavy (non-hydrogen) atoms. The predicted octanol–water partition coefficient (Wildman–Crippen LogP) is 6.03. The van der Waals surface area contributed by atoms with Gasteiger partial charge in [0.2, 0.25) is 11.8 Å². The summed E-state index contributed by atoms with van der Waals surface area (Å²) in [7, 11) is 1.67. The fourth-order valence-electron chi connectivity index (χ4n) is 8.96. The molecule has 18 heteroatoms. The van der Waals surface area contributed by atoms with Crippen molar-refractivity contribution < 1.29 is 33.8 Å². The average Bonchev–Trinajstić information content (AvgIpc) is 3.53. The van der Waals surface area contributed by atoms with E-state index in [2.05, 4.69) is 40.4 Å². The van der Waals surface area contributed by atoms with Gasteiger partial charge >= 0.3 is 5.97 Å². The first kappa shape index (κ1) is 54.6. The van der Waals surface area contributed by atoms with Crippen LogP contribution in [0.4, 0.5) is 0 Å². The van der Waals surface area contributed by atoms with E-state index in [1.807, 2.05) is 32.0 Å². The van der Waals surface area contributed by atoms with Gasteiger partial charge in [-0.3, -0.25) is 29.2 Å². The number of ether oxygens (including phenoxy) is 2. The number of fused-ring (bicyclic) bond motifs is 6. The first-order valence-electron chi connectivity index (χ1n) is 20.3. The number of pyridine rings is 1. The number of amides is 3. The molecule has 3 aliphatic rings. The van der Waals surface area contributed by atoms with E-state index in [0.717, 1.165) is 57.4 Å². The Balaban J connectivity index is 0.00000265. The molecule has 7 rings (SSSR count). The minimum atomic E-state index is -1.06. The molecule has 0 unspecified atom stereocenters. The van der Waals surface area contributed by atoms with E-state index < -0.39 is 35.9 Å². The van der Waals surface area contributed by atoms with Crippen LogP contribution in [0.15, 0.2) is 54.7 Å². The van der Waals surface area contributed by atoms with Gasteiger partial charge in [-0.2, -0.15) is 67.5 Å². The Morgan fingerprint density at radius 1 is 1.00 bits per heavy atom. The maximum atomic E-state index is 14.4. The number of aromatic nitrogens is 2. The third-order valence-corrected chi connectivity index (χ3v) is 11.8. The number of esters is 1. The number of nitrogens with one attached hydrogen (secondary N) is 2. The van der Waals surface area contributed by atoms with Gasteiger partial charge in [-0.05, 0) is 117 Å². The summed E-state index contributed by atoms with van der Waals surface area (Å²) < 4.78 is 13.9. The second-order valence-electron chi connectivity index (χ2n) is 15.6. The summed E-state index contributed by atoms with van der Waals surface area (Å²) in [4.78, 5) is 61.0. The molecule has 0 spiro atoms. The summed E-state index contributed by atoms with van der Waals surface area (Å²) in [6, 6.07) is 13.0. The summed E-state index contributed by atoms with van der Waals surface area (Å²) in [6.07, 6.45) is 5.37. The van der Waals surface area contributed by atoms with Crippen LogP contribution < -0.4 is 10.7 Å². The van der Waals surface area contributed by atoms with E-state index in [0.29, 0.717) is 50.9 Å². The maximum absolute atomic E-state index is 14.4. The number of benzene rings is 2. The number of aromatic hydroxyl groups is 1. The minimum absolute atomic E-state index is 0. The number of nitrogens with zero attached hydrogens (tertiary/aromatic N) is 4. The second kappa shape index (κ2) is 24.0. The van der Waals surface area contributed by atoms with E-state index in [4.69, 9.17) is 14.5 Å². The molecule has 0 saturated carbocycles. The van der Waals surface area contributed by atoms with Crippen LogP contribution in [0.1, 0.15) is 82.7 Å². The molecular formula is C44H64N6O7S5. The van der Waals surface area contributed by atoms with Gasteiger partial charge in [0, 0.05) is 62.8 Å². The van der Waals surface area contributed by atoms with Crippen molar-refractivity contribution in [2.75, 3.05) is 26.8 Å². The number of cyclic esters (lactones) is 1. The first-order valence-corrected chi connectivity index (χ1v) is 20.3. The number of carbonyl (C=O) groups excluding carboxylic acids is 4. The van der Waals surface area contributed by atoms with Crippen molar-refractivity contribution in [2.24, 2.45) is 5.92 Å². The highest BCUT2D eigenvalue weighted by Gasteiger charge is 2.39. The Kier molecular flexibility index (Phi) is 21.1. The van der Waals surface area contributed by atoms with Gasteiger partial charge < -0.3 is 29.4 Å². The highest BCUT2D eigenvalue weighted by Crippen LogP contribution is 2.40. The fraction of sp³-hybridized carbons (Fsp3) is 0.477. The summed E-state index contributed by atoms with van der Waals surface area (Å²) >= 11 is 0. The maximum Gasteiger partial charge on any atom is 0.324 e. The lowest BCUT2D eigenvalue weighted by Crippen LogP contribution is -2.62. The van der Waals surface area contributed by atoms with Gasteiger partial charge in [-0.15, -0.1) is 0 Å². The number of hydrogen-bond acceptors (Lipinski definition) is 9. The predicted molar refractivity (Wildman–Crippen MR) is 268 cm³/mol. The monoisotopic (exact) mass is 948 g/mol. The van der Waals surface area contributed by atoms with E-state index in [-0.39, 0.29) is 104 Å². The summed E-state index contributed by atoms with van der Waals surface area (Å²) in [5, 5.41) is 16.6. The lowest BCUT2D eigenvalue weighted by Gasteiger charge is -2.40. The van der Waals surface area contributed by atoms with Crippen LogP contribution in [0.25, 0.3) is 33.3 Å². The number of piperidine rings is 1. The highest BCUT2D eigenvalue weighted by molar-refractivity contribution is 7.60. The quantitative estimate of drug-likeness (QED) is 0.197. The largest absolute Gasteiger partial charge is 0.508 e. The van der Waals surface area contributed by atoms with E-state index >= 15 is 0 Å². The van der Waals surface area contributed by atoms with Crippen LogP contribution in [-0.2, 0) is 48.0 Å². The molecule has 5 heterocycles. The Labute approximate surface area is 399 Å². The standard InChI is InChI=1S/C44H54N6O7.5H2S/c1-6-48-38-16-15-30-25-35(38)33(41(48)34-12-7-17-45-39(34)27(3)56-5)13-10-20-57-44(55)36-14-9-19-50(47-36)43(54)37(23-29-21-31(30)24-32(52)22-29)46-42(53)40-26(2)11-8-18-49(40)28(4)51;;;;;/h7,12,15-17,21-22,24-27,36-37,40,47,52H,6,8-11,13-14,18-20,23H2,1-5H3,(H,46,53);5*1H2/t26-,27-,36-,37-,40-;;;;;/m0...../s1. The van der Waals surface area contributed by atoms with Crippen molar-refractivity contribution in [2.45, 2.75) is 103 Å². The van der Waals surface area contributed by atoms with Crippen LogP contribution >= 0.6 is 67.5 Å². The van der Waals surface area contributed by atoms with Crippen molar-refractivity contribution in [3.8, 4) is 28.1 Å². The van der Waals surface area contributed by atoms with Gasteiger partial charge in [0.1, 0.15) is 23.9 Å². The number of phenolic OH excluding ortho intramolecular Hbond substituents is 1. The lowest BCUT2D eigenvalue weighted by molar-refractivity contribution is -0.153. The van der Waals surface area contributed by atoms with Gasteiger partial charge in [-0.1, -0.05) is 19.1 Å². The molecule has 2 fully saturated rings. The smallest absolute Gasteiger partial charge is 0.324 e. The molecule has 0 aliphatic carbocycles. The third-order valence-electron chi connectivity index (χ3n) is 11.8. The number of aryl methyl sites for hydroxylation is 2. The Morgan fingerprint density at radius 2 is 1.74 bits per heavy atom. The van der Waals surface area contributed by atoms with Crippen molar-refractivity contribution in [1.29, 1.82) is 0 Å². The molecule has 2 saturated heterocycles. The zero-order valence-corrected chi connectivity index (χ0v) is 41.0. The molecule has 0 radical (unpaired) electrons. The molecule has 2 aromatic carbocycles. The molecule has 4 aromatic rings. The number of rotatable bonds is 6. The molecule has 3 aliphatic heterocycles. The summed E-state index contributed by atoms with van der Waals surface area (Å²) in [6.45, 7) is 9.18. The molecule has 3 N–H and O–H groups in total. The number of methoxy groups -OCH3 is 1. The Morgan fingerprint density at radius 3 is 2.45 bits per heavy atom. The molecule has 6 bridgehead atoms. The van der Waals surface area contributed by atoms with Crippen LogP contribution in [0.3, 0.4) is 0 Å². The highest BCUT2D eigenvalue weighted by atomic mass is 32.1. The van der Waals surface area contributed by atoms with E-state index in [1.165, 1.54) is 11.9 Å². The fourth-order valence-corrected chi connectivity index (χ4v) is 8.96. The number of phenols is 1. The Bertz CT molecular complexity index is 2190. The number of hydrogen-bond donors (Lipinski definition) is 3. The van der Waals surface area contributed by atoms with Gasteiger partial charge in [0.25, 0.3) is 5.91 Å². The zero-order chi connectivity index (χ0) is 40.4. The van der Waals surface area contributed by atoms with Gasteiger partial charge in [-0.25, -0.2) is 5.43 Å². The molecule has 3 amide bonds. The summed E-state index contributed by atoms with van der Waals surface area (Å²) in [5.41, 5.74) is 10.3. The SMILES string of the molecule is CCn1c(-c2cccnc2[C@H](C)OC)c2c3cc(ccc31)-c1cc(O)cc(c1)C[C@H](NC(=O)[C@@H]1[C@@H](C)CCCN1C(C)=O)C(=O)N1CCC[C@H](N1)C(=O)OCCC2.S.S.S.S.S. The second-order valence-corrected chi connectivity index (χ2v) is 15.6. The first-order chi connectivity index (χ1) is 27.5. The number of hydrazine groups is 1. The third kappa shape index (κ3) is 11.4. The van der Waals surface area contributed by atoms with Gasteiger partial charge in [0.15, 0.2) is 0 Å². The number of carbonyl (C=O) groups is 4. The zero-order valence-electron chi connectivity index (χ0n) is 36.0. The molecule has 5 atom stereocenters. The average molecular weight is 949 g/mol. The van der Waals surface area contributed by atoms with Crippen LogP contribution in [-0.4, -0.2) is 93.2 Å². The van der Waals surface area contributed by atoms with Crippen molar-refractivity contribution in [3.05, 3.63) is 71.5 Å². The lowest BCUT2D eigenvalue weighted by atomic mass is 9.89. The number of likely N-dealkylation sites (tertiary alicyclic amines) is 1. The van der Waals surface area contributed by atoms with Crippen molar-refractivity contribution in [1.82, 2.24) is 30.2 Å². The Hall–Kier alpha value is -3.52. The molecule has 2 aromatic heterocycles. The van der Waals surface area contributed by atoms with Gasteiger partial charge in [0.05, 0.1) is 24.1 Å². The normalized spacial score (nSPS) is 20.7. The van der Waals surface area contributed by atoms with Crippen molar-refractivity contribution in [3.63, 3.8) is 0 Å². The van der Waals surface area contributed by atoms with Crippen LogP contribution in [0.2, 0.25) is 0 Å². The van der Waals surface area contributed by atoms with Crippen LogP contribution in [0, 0.1) is 5.92 Å². The molecule has 342 valence electrons. The summed E-state index contributed by atoms with van der Waals surface area (Å²) in [5.74, 6) is -1.53.